The third-order valence-corrected chi connectivity index (χ3v) is 5.38. The molecule has 2 aromatic carbocycles. The van der Waals surface area contributed by atoms with Crippen LogP contribution in [0.4, 0.5) is 10.5 Å². The van der Waals surface area contributed by atoms with Gasteiger partial charge in [0.2, 0.25) is 0 Å². The van der Waals surface area contributed by atoms with Gasteiger partial charge in [0.15, 0.2) is 0 Å². The maximum Gasteiger partial charge on any atom is 0.324 e. The zero-order valence-electron chi connectivity index (χ0n) is 16.2. The molecule has 3 heterocycles. The van der Waals surface area contributed by atoms with Gasteiger partial charge in [-0.25, -0.2) is 14.5 Å². The minimum Gasteiger partial charge on any atom is -0.323 e. The van der Waals surface area contributed by atoms with E-state index in [1.54, 1.807) is 0 Å². The van der Waals surface area contributed by atoms with Gasteiger partial charge in [-0.05, 0) is 43.3 Å². The Bertz CT molecular complexity index is 1180. The molecule has 29 heavy (non-hydrogen) atoms. The lowest BCUT2D eigenvalue weighted by Gasteiger charge is -2.17. The summed E-state index contributed by atoms with van der Waals surface area (Å²) < 4.78 is 1.83. The summed E-state index contributed by atoms with van der Waals surface area (Å²) in [6, 6.07) is 20.2. The molecular weight excluding hydrogens is 362 g/mol. The van der Waals surface area contributed by atoms with E-state index in [1.165, 1.54) is 0 Å². The number of pyridine rings is 1. The highest BCUT2D eigenvalue weighted by Gasteiger charge is 2.28. The second-order valence-corrected chi connectivity index (χ2v) is 7.09. The highest BCUT2D eigenvalue weighted by atomic mass is 16.2. The average Bonchev–Trinajstić information content (AvgIpc) is 3.40. The van der Waals surface area contributed by atoms with Crippen molar-refractivity contribution in [2.24, 2.45) is 0 Å². The molecule has 0 N–H and O–H groups in total. The Balaban J connectivity index is 1.39. The molecule has 1 aliphatic heterocycles. The van der Waals surface area contributed by atoms with Gasteiger partial charge in [0, 0.05) is 42.5 Å². The van der Waals surface area contributed by atoms with Crippen LogP contribution in [0, 0.1) is 0 Å². The van der Waals surface area contributed by atoms with Crippen LogP contribution in [0.3, 0.4) is 0 Å². The van der Waals surface area contributed by atoms with E-state index in [0.29, 0.717) is 0 Å². The first-order valence-electron chi connectivity index (χ1n) is 9.80. The third-order valence-electron chi connectivity index (χ3n) is 5.38. The van der Waals surface area contributed by atoms with Crippen molar-refractivity contribution in [3.05, 3.63) is 73.1 Å². The Kier molecular flexibility index (Phi) is 4.24. The van der Waals surface area contributed by atoms with Gasteiger partial charge in [0.1, 0.15) is 0 Å². The van der Waals surface area contributed by atoms with Gasteiger partial charge in [0.05, 0.1) is 23.1 Å². The zero-order valence-corrected chi connectivity index (χ0v) is 16.2. The van der Waals surface area contributed by atoms with Gasteiger partial charge in [-0.2, -0.15) is 5.10 Å². The maximum absolute atomic E-state index is 12.4. The minimum absolute atomic E-state index is 0.0732. The van der Waals surface area contributed by atoms with Crippen LogP contribution in [0.15, 0.2) is 73.1 Å². The molecule has 144 valence electrons. The SMILES string of the molecule is CCN1CCN(c2ccc(-n3cc(-c4ccc5ccccc5n4)cn3)cc2)C1=O. The molecule has 6 nitrogen and oxygen atoms in total. The fraction of sp³-hybridized carbons (Fsp3) is 0.174. The van der Waals surface area contributed by atoms with E-state index < -0.39 is 0 Å². The molecule has 0 spiro atoms. The predicted octanol–water partition coefficient (Wildman–Crippen LogP) is 4.35. The number of carbonyl (C=O) groups is 1. The number of likely N-dealkylation sites (N-methyl/N-ethyl adjacent to an activating group) is 1. The molecule has 2 aromatic heterocycles. The molecule has 4 aromatic rings. The topological polar surface area (TPSA) is 54.3 Å². The Labute approximate surface area is 169 Å². The highest BCUT2D eigenvalue weighted by Crippen LogP contribution is 2.24. The van der Waals surface area contributed by atoms with Crippen molar-refractivity contribution >= 4 is 22.6 Å². The summed E-state index contributed by atoms with van der Waals surface area (Å²) >= 11 is 0. The second-order valence-electron chi connectivity index (χ2n) is 7.09. The lowest BCUT2D eigenvalue weighted by atomic mass is 10.1. The Morgan fingerprint density at radius 2 is 1.72 bits per heavy atom. The number of hydrogen-bond donors (Lipinski definition) is 0. The van der Waals surface area contributed by atoms with Crippen LogP contribution in [0.5, 0.6) is 0 Å². The molecular formula is C23H21N5O. The number of benzene rings is 2. The minimum atomic E-state index is 0.0732. The van der Waals surface area contributed by atoms with Crippen molar-refractivity contribution < 1.29 is 4.79 Å². The van der Waals surface area contributed by atoms with E-state index >= 15 is 0 Å². The summed E-state index contributed by atoms with van der Waals surface area (Å²) in [7, 11) is 0. The first kappa shape index (κ1) is 17.4. The summed E-state index contributed by atoms with van der Waals surface area (Å²) in [5.74, 6) is 0. The number of fused-ring (bicyclic) bond motifs is 1. The molecule has 0 aliphatic carbocycles. The zero-order chi connectivity index (χ0) is 19.8. The number of anilines is 1. The molecule has 2 amide bonds. The van der Waals surface area contributed by atoms with Crippen molar-refractivity contribution in [3.63, 3.8) is 0 Å². The number of para-hydroxylation sites is 1. The van der Waals surface area contributed by atoms with Crippen LogP contribution in [0.2, 0.25) is 0 Å². The molecule has 0 unspecified atom stereocenters. The number of urea groups is 1. The Hall–Kier alpha value is -3.67. The first-order chi connectivity index (χ1) is 14.2. The molecule has 0 radical (unpaired) electrons. The summed E-state index contributed by atoms with van der Waals surface area (Å²) in [5.41, 5.74) is 4.69. The number of carbonyl (C=O) groups excluding carboxylic acids is 1. The lowest BCUT2D eigenvalue weighted by molar-refractivity contribution is 0.223. The summed E-state index contributed by atoms with van der Waals surface area (Å²) in [6.45, 7) is 4.25. The maximum atomic E-state index is 12.4. The molecule has 5 rings (SSSR count). The lowest BCUT2D eigenvalue weighted by Crippen LogP contribution is -2.31. The largest absolute Gasteiger partial charge is 0.324 e. The van der Waals surface area contributed by atoms with Crippen LogP contribution < -0.4 is 4.90 Å². The molecule has 0 atom stereocenters. The molecule has 0 saturated carbocycles. The average molecular weight is 383 g/mol. The van der Waals surface area contributed by atoms with Crippen molar-refractivity contribution in [1.82, 2.24) is 19.7 Å². The van der Waals surface area contributed by atoms with E-state index in [1.807, 2.05) is 82.3 Å². The van der Waals surface area contributed by atoms with E-state index in [9.17, 15) is 4.79 Å². The number of nitrogens with zero attached hydrogens (tertiary/aromatic N) is 5. The summed E-state index contributed by atoms with van der Waals surface area (Å²) in [5, 5.41) is 5.62. The van der Waals surface area contributed by atoms with Crippen molar-refractivity contribution in [2.45, 2.75) is 6.92 Å². The van der Waals surface area contributed by atoms with Gasteiger partial charge in [-0.1, -0.05) is 24.3 Å². The molecule has 0 bridgehead atoms. The fourth-order valence-electron chi connectivity index (χ4n) is 3.72. The van der Waals surface area contributed by atoms with Gasteiger partial charge < -0.3 is 4.90 Å². The third kappa shape index (κ3) is 3.12. The first-order valence-corrected chi connectivity index (χ1v) is 9.80. The monoisotopic (exact) mass is 383 g/mol. The van der Waals surface area contributed by atoms with Gasteiger partial charge in [-0.3, -0.25) is 4.90 Å². The normalized spacial score (nSPS) is 14.2. The summed E-state index contributed by atoms with van der Waals surface area (Å²) in [6.07, 6.45) is 3.81. The Morgan fingerprint density at radius 1 is 0.931 bits per heavy atom. The Morgan fingerprint density at radius 3 is 2.52 bits per heavy atom. The van der Waals surface area contributed by atoms with Crippen molar-refractivity contribution in [3.8, 4) is 16.9 Å². The van der Waals surface area contributed by atoms with Crippen LogP contribution in [0.25, 0.3) is 27.8 Å². The van der Waals surface area contributed by atoms with Gasteiger partial charge >= 0.3 is 6.03 Å². The van der Waals surface area contributed by atoms with E-state index in [0.717, 1.165) is 53.2 Å². The number of amides is 2. The van der Waals surface area contributed by atoms with Crippen molar-refractivity contribution in [2.75, 3.05) is 24.5 Å². The molecule has 1 saturated heterocycles. The molecule has 1 aliphatic rings. The number of hydrogen-bond acceptors (Lipinski definition) is 3. The van der Waals surface area contributed by atoms with Gasteiger partial charge in [0.25, 0.3) is 0 Å². The summed E-state index contributed by atoms with van der Waals surface area (Å²) in [4.78, 5) is 20.8. The van der Waals surface area contributed by atoms with Crippen LogP contribution in [-0.2, 0) is 0 Å². The number of aromatic nitrogens is 3. The van der Waals surface area contributed by atoms with Crippen LogP contribution >= 0.6 is 0 Å². The van der Waals surface area contributed by atoms with E-state index in [4.69, 9.17) is 4.98 Å². The van der Waals surface area contributed by atoms with Crippen molar-refractivity contribution in [1.29, 1.82) is 0 Å². The predicted molar refractivity (Wildman–Crippen MR) is 114 cm³/mol. The molecule has 1 fully saturated rings. The fourth-order valence-corrected chi connectivity index (χ4v) is 3.72. The number of rotatable bonds is 4. The van der Waals surface area contributed by atoms with E-state index in [-0.39, 0.29) is 6.03 Å². The molecule has 6 heteroatoms. The standard InChI is InChI=1S/C23H21N5O/c1-2-26-13-14-27(23(26)29)19-8-10-20(11-9-19)28-16-18(15-24-28)22-12-7-17-5-3-4-6-21(17)25-22/h3-12,15-16H,2,13-14H2,1H3. The van der Waals surface area contributed by atoms with Crippen LogP contribution in [0.1, 0.15) is 6.92 Å². The van der Waals surface area contributed by atoms with Crippen LogP contribution in [-0.4, -0.2) is 45.3 Å². The second kappa shape index (κ2) is 7.05. The smallest absolute Gasteiger partial charge is 0.323 e. The van der Waals surface area contributed by atoms with E-state index in [2.05, 4.69) is 17.2 Å². The van der Waals surface area contributed by atoms with Gasteiger partial charge in [-0.15, -0.1) is 0 Å². The quantitative estimate of drug-likeness (QED) is 0.526. The highest BCUT2D eigenvalue weighted by molar-refractivity contribution is 5.94.